The highest BCUT2D eigenvalue weighted by Gasteiger charge is 2.13. The molecule has 0 saturated carbocycles. The van der Waals surface area contributed by atoms with Gasteiger partial charge in [-0.05, 0) is 20.3 Å². The Labute approximate surface area is 107 Å². The number of hydrogen-bond donors (Lipinski definition) is 2. The average molecular weight is 265 g/mol. The molecule has 5 nitrogen and oxygen atoms in total. The molecule has 0 aliphatic carbocycles. The largest absolute Gasteiger partial charge is 0.468 e. The molecule has 0 aliphatic heterocycles. The van der Waals surface area contributed by atoms with E-state index in [1.165, 1.54) is 7.11 Å². The van der Waals surface area contributed by atoms with Crippen molar-refractivity contribution in [1.29, 1.82) is 0 Å². The maximum absolute atomic E-state index is 10.8. The number of amides is 1. The molecule has 0 saturated heterocycles. The fourth-order valence-corrected chi connectivity index (χ4v) is 1.17. The Morgan fingerprint density at radius 3 is 1.88 bits per heavy atom. The Balaban J connectivity index is 0. The first-order valence-electron chi connectivity index (χ1n) is 5.17. The summed E-state index contributed by atoms with van der Waals surface area (Å²) in [7, 11) is 1.30. The molecule has 0 fully saturated rings. The molecule has 0 aromatic heterocycles. The van der Waals surface area contributed by atoms with E-state index in [0.717, 1.165) is 12.0 Å². The number of primary amides is 1. The number of alkyl halides is 1. The zero-order valence-electron chi connectivity index (χ0n) is 10.7. The maximum Gasteiger partial charge on any atom is 0.320 e. The van der Waals surface area contributed by atoms with Gasteiger partial charge in [0, 0.05) is 11.6 Å². The lowest BCUT2D eigenvalue weighted by Gasteiger charge is -2.12. The molecule has 0 aromatic rings. The number of rotatable bonds is 4. The van der Waals surface area contributed by atoms with E-state index in [1.54, 1.807) is 0 Å². The third-order valence-electron chi connectivity index (χ3n) is 1.95. The molecule has 1 atom stereocenters. The van der Waals surface area contributed by atoms with Crippen molar-refractivity contribution in [3.8, 4) is 0 Å². The van der Waals surface area contributed by atoms with Crippen LogP contribution in [0.25, 0.3) is 0 Å². The summed E-state index contributed by atoms with van der Waals surface area (Å²) in [5, 5.41) is 0. The topological polar surface area (TPSA) is 95.4 Å². The van der Waals surface area contributed by atoms with Crippen molar-refractivity contribution in [2.24, 2.45) is 11.5 Å². The zero-order chi connectivity index (χ0) is 14.0. The standard InChI is InChI=1S/C8H16N2O.C3H5ClO2/c1-4-6(9)7(5(2)3)8(10)11;1-6-3(5)2-4/h6H,4,9H2,1-3H3,(H2,10,11);2H2,1H3. The number of hydrogen-bond acceptors (Lipinski definition) is 4. The number of methoxy groups -OCH3 is 1. The van der Waals surface area contributed by atoms with Crippen LogP contribution in [0, 0.1) is 0 Å². The molecule has 100 valence electrons. The van der Waals surface area contributed by atoms with Gasteiger partial charge in [-0.2, -0.15) is 0 Å². The van der Waals surface area contributed by atoms with Gasteiger partial charge in [0.05, 0.1) is 7.11 Å². The molecule has 0 bridgehead atoms. The Morgan fingerprint density at radius 1 is 1.35 bits per heavy atom. The van der Waals surface area contributed by atoms with Crippen molar-refractivity contribution in [1.82, 2.24) is 0 Å². The van der Waals surface area contributed by atoms with Gasteiger partial charge >= 0.3 is 5.97 Å². The van der Waals surface area contributed by atoms with Crippen molar-refractivity contribution in [2.75, 3.05) is 13.0 Å². The quantitative estimate of drug-likeness (QED) is 0.449. The Hall–Kier alpha value is -1.07. The number of nitrogens with two attached hydrogens (primary N) is 2. The predicted octanol–water partition coefficient (Wildman–Crippen LogP) is 0.944. The highest BCUT2D eigenvalue weighted by atomic mass is 35.5. The molecule has 0 aromatic carbocycles. The first kappa shape index (κ1) is 18.3. The Kier molecular flexibility index (Phi) is 10.9. The number of halogens is 1. The molecule has 0 rings (SSSR count). The first-order valence-corrected chi connectivity index (χ1v) is 5.70. The van der Waals surface area contributed by atoms with E-state index in [2.05, 4.69) is 4.74 Å². The minimum absolute atomic E-state index is 0.0590. The highest BCUT2D eigenvalue weighted by Crippen LogP contribution is 2.08. The monoisotopic (exact) mass is 264 g/mol. The third kappa shape index (κ3) is 8.71. The fraction of sp³-hybridized carbons (Fsp3) is 0.636. The summed E-state index contributed by atoms with van der Waals surface area (Å²) in [6.45, 7) is 5.61. The molecular formula is C11H21ClN2O3. The number of ether oxygens (including phenoxy) is 1. The number of esters is 1. The van der Waals surface area contributed by atoms with Crippen LogP contribution in [0.5, 0.6) is 0 Å². The molecule has 0 radical (unpaired) electrons. The normalized spacial score (nSPS) is 10.7. The van der Waals surface area contributed by atoms with E-state index in [9.17, 15) is 9.59 Å². The van der Waals surface area contributed by atoms with E-state index in [1.807, 2.05) is 20.8 Å². The van der Waals surface area contributed by atoms with E-state index < -0.39 is 11.9 Å². The summed E-state index contributed by atoms with van der Waals surface area (Å²) in [6, 6.07) is -0.211. The van der Waals surface area contributed by atoms with Crippen LogP contribution in [0.2, 0.25) is 0 Å². The van der Waals surface area contributed by atoms with Crippen LogP contribution < -0.4 is 11.5 Å². The van der Waals surface area contributed by atoms with E-state index >= 15 is 0 Å². The third-order valence-corrected chi connectivity index (χ3v) is 2.17. The highest BCUT2D eigenvalue weighted by molar-refractivity contribution is 6.26. The van der Waals surface area contributed by atoms with Crippen LogP contribution in [0.1, 0.15) is 27.2 Å². The number of carbonyl (C=O) groups excluding carboxylic acids is 2. The smallest absolute Gasteiger partial charge is 0.320 e. The minimum Gasteiger partial charge on any atom is -0.468 e. The van der Waals surface area contributed by atoms with Crippen LogP contribution in [-0.2, 0) is 14.3 Å². The Bertz CT molecular complexity index is 280. The molecular weight excluding hydrogens is 244 g/mol. The van der Waals surface area contributed by atoms with Crippen LogP contribution in [0.4, 0.5) is 0 Å². The van der Waals surface area contributed by atoms with Crippen LogP contribution >= 0.6 is 11.6 Å². The van der Waals surface area contributed by atoms with E-state index in [-0.39, 0.29) is 11.9 Å². The summed E-state index contributed by atoms with van der Waals surface area (Å²) < 4.78 is 4.13. The lowest BCUT2D eigenvalue weighted by Crippen LogP contribution is -2.31. The van der Waals surface area contributed by atoms with Gasteiger partial charge in [0.25, 0.3) is 0 Å². The van der Waals surface area contributed by atoms with Crippen molar-refractivity contribution in [3.05, 3.63) is 11.1 Å². The van der Waals surface area contributed by atoms with E-state index in [0.29, 0.717) is 5.57 Å². The maximum atomic E-state index is 10.8. The summed E-state index contributed by atoms with van der Waals surface area (Å²) in [6.07, 6.45) is 0.740. The molecule has 17 heavy (non-hydrogen) atoms. The Morgan fingerprint density at radius 2 is 1.82 bits per heavy atom. The summed E-state index contributed by atoms with van der Waals surface area (Å²) in [5.41, 5.74) is 12.3. The lowest BCUT2D eigenvalue weighted by molar-refractivity contribution is -0.137. The predicted molar refractivity (Wildman–Crippen MR) is 68.6 cm³/mol. The second-order valence-electron chi connectivity index (χ2n) is 3.50. The number of carbonyl (C=O) groups is 2. The molecule has 0 spiro atoms. The van der Waals surface area contributed by atoms with Gasteiger partial charge in [-0.15, -0.1) is 11.6 Å². The van der Waals surface area contributed by atoms with Gasteiger partial charge < -0.3 is 16.2 Å². The van der Waals surface area contributed by atoms with Gasteiger partial charge in [0.1, 0.15) is 5.88 Å². The van der Waals surface area contributed by atoms with Gasteiger partial charge in [0.2, 0.25) is 5.91 Å². The summed E-state index contributed by atoms with van der Waals surface area (Å²) >= 11 is 4.98. The summed E-state index contributed by atoms with van der Waals surface area (Å²) in [5.74, 6) is -0.854. The fourth-order valence-electron chi connectivity index (χ4n) is 1.06. The molecule has 6 heteroatoms. The zero-order valence-corrected chi connectivity index (χ0v) is 11.5. The second kappa shape index (κ2) is 10.1. The molecule has 0 heterocycles. The van der Waals surface area contributed by atoms with Crippen molar-refractivity contribution in [2.45, 2.75) is 33.2 Å². The number of allylic oxidation sites excluding steroid dienone is 1. The minimum atomic E-state index is -0.403. The second-order valence-corrected chi connectivity index (χ2v) is 3.77. The van der Waals surface area contributed by atoms with Crippen LogP contribution in [0.15, 0.2) is 11.1 Å². The van der Waals surface area contributed by atoms with Gasteiger partial charge in [-0.3, -0.25) is 9.59 Å². The SMILES string of the molecule is CCC(N)C(C(N)=O)=C(C)C.COC(=O)CCl. The van der Waals surface area contributed by atoms with Gasteiger partial charge in [-0.25, -0.2) is 0 Å². The van der Waals surface area contributed by atoms with Crippen molar-refractivity contribution in [3.63, 3.8) is 0 Å². The van der Waals surface area contributed by atoms with Gasteiger partial charge in [-0.1, -0.05) is 12.5 Å². The molecule has 1 unspecified atom stereocenters. The molecule has 1 amide bonds. The van der Waals surface area contributed by atoms with Crippen LogP contribution in [-0.4, -0.2) is 30.9 Å². The van der Waals surface area contributed by atoms with Crippen molar-refractivity contribution >= 4 is 23.5 Å². The first-order chi connectivity index (χ1) is 7.81. The molecule has 4 N–H and O–H groups in total. The lowest BCUT2D eigenvalue weighted by atomic mass is 10.0. The van der Waals surface area contributed by atoms with E-state index in [4.69, 9.17) is 23.1 Å². The average Bonchev–Trinajstić information content (AvgIpc) is 2.27. The van der Waals surface area contributed by atoms with Gasteiger partial charge in [0.15, 0.2) is 0 Å². The van der Waals surface area contributed by atoms with Crippen LogP contribution in [0.3, 0.4) is 0 Å². The molecule has 0 aliphatic rings. The summed E-state index contributed by atoms with van der Waals surface area (Å²) in [4.78, 5) is 20.7. The van der Waals surface area contributed by atoms with Crippen molar-refractivity contribution < 1.29 is 14.3 Å².